The summed E-state index contributed by atoms with van der Waals surface area (Å²) in [5.74, 6) is -0.620. The average Bonchev–Trinajstić information content (AvgIpc) is 3.07. The summed E-state index contributed by atoms with van der Waals surface area (Å²) in [6, 6.07) is 21.0. The van der Waals surface area contributed by atoms with Crippen LogP contribution in [0, 0.1) is 0 Å². The van der Waals surface area contributed by atoms with E-state index < -0.39 is 12.1 Å². The number of carbonyl (C=O) groups is 3. The molecule has 3 amide bonds. The van der Waals surface area contributed by atoms with Crippen LogP contribution in [0.1, 0.15) is 30.4 Å². The molecule has 2 unspecified atom stereocenters. The molecular formula is C29H34AsN3O4. The molecule has 0 saturated heterocycles. The van der Waals surface area contributed by atoms with Crippen molar-refractivity contribution >= 4 is 51.0 Å². The normalized spacial score (nSPS) is 15.0. The average molecular weight is 564 g/mol. The molecule has 0 aromatic heterocycles. The number of hydrogen-bond acceptors (Lipinski definition) is 4. The summed E-state index contributed by atoms with van der Waals surface area (Å²) in [5, 5.41) is 18.3. The number of fused-ring (bicyclic) bond motifs is 2. The van der Waals surface area contributed by atoms with E-state index in [1.807, 2.05) is 66.7 Å². The Balaban J connectivity index is 1.45. The Morgan fingerprint density at radius 2 is 1.76 bits per heavy atom. The van der Waals surface area contributed by atoms with Crippen molar-refractivity contribution in [1.29, 1.82) is 0 Å². The number of nitrogens with one attached hydrogen (secondary N) is 2. The Hall–Kier alpha value is -3.15. The molecule has 1 aliphatic heterocycles. The molecule has 0 radical (unpaired) electrons. The summed E-state index contributed by atoms with van der Waals surface area (Å²) in [6.07, 6.45) is 1.86. The summed E-state index contributed by atoms with van der Waals surface area (Å²) in [7, 11) is 0. The topological polar surface area (TPSA) is 98.7 Å². The quantitative estimate of drug-likeness (QED) is 0.330. The van der Waals surface area contributed by atoms with Gasteiger partial charge in [-0.2, -0.15) is 0 Å². The van der Waals surface area contributed by atoms with Crippen molar-refractivity contribution in [2.24, 2.45) is 0 Å². The van der Waals surface area contributed by atoms with Crippen molar-refractivity contribution in [3.8, 4) is 0 Å². The van der Waals surface area contributed by atoms with Crippen LogP contribution in [0.5, 0.6) is 0 Å². The summed E-state index contributed by atoms with van der Waals surface area (Å²) < 4.78 is 0. The van der Waals surface area contributed by atoms with E-state index in [4.69, 9.17) is 0 Å². The number of aryl methyl sites for hydroxylation is 1. The first-order chi connectivity index (χ1) is 17.9. The number of aliphatic hydroxyl groups is 1. The van der Waals surface area contributed by atoms with Gasteiger partial charge in [0, 0.05) is 6.42 Å². The molecule has 0 spiro atoms. The van der Waals surface area contributed by atoms with Crippen molar-refractivity contribution in [3.05, 3.63) is 77.9 Å². The van der Waals surface area contributed by atoms with Crippen molar-refractivity contribution in [3.63, 3.8) is 0 Å². The number of anilines is 1. The van der Waals surface area contributed by atoms with Crippen LogP contribution in [-0.2, 0) is 27.2 Å². The van der Waals surface area contributed by atoms with E-state index >= 15 is 0 Å². The molecule has 0 saturated carbocycles. The van der Waals surface area contributed by atoms with Gasteiger partial charge in [-0.3, -0.25) is 4.79 Å². The third-order valence-electron chi connectivity index (χ3n) is 6.67. The van der Waals surface area contributed by atoms with Gasteiger partial charge in [-0.15, -0.1) is 0 Å². The molecule has 7 nitrogen and oxygen atoms in total. The molecule has 4 rings (SSSR count). The molecule has 0 bridgehead atoms. The summed E-state index contributed by atoms with van der Waals surface area (Å²) in [4.78, 5) is 40.5. The summed E-state index contributed by atoms with van der Waals surface area (Å²) in [5.41, 5.74) is 2.90. The molecule has 3 atom stereocenters. The molecule has 0 fully saturated rings. The van der Waals surface area contributed by atoms with Gasteiger partial charge < -0.3 is 0 Å². The second kappa shape index (κ2) is 12.9. The fourth-order valence-corrected chi connectivity index (χ4v) is 5.00. The Bertz CT molecular complexity index is 1260. The van der Waals surface area contributed by atoms with Crippen LogP contribution >= 0.6 is 0 Å². The first-order valence-corrected chi connectivity index (χ1v) is 14.5. The van der Waals surface area contributed by atoms with Gasteiger partial charge >= 0.3 is 167 Å². The van der Waals surface area contributed by atoms with Gasteiger partial charge in [0.2, 0.25) is 0 Å². The van der Waals surface area contributed by atoms with Gasteiger partial charge in [-0.25, -0.2) is 0 Å². The van der Waals surface area contributed by atoms with Gasteiger partial charge in [0.25, 0.3) is 0 Å². The number of rotatable bonds is 10. The van der Waals surface area contributed by atoms with Crippen LogP contribution in [0.25, 0.3) is 10.8 Å². The number of benzene rings is 3. The van der Waals surface area contributed by atoms with Crippen molar-refractivity contribution in [2.45, 2.75) is 49.5 Å². The molecule has 3 N–H and O–H groups in total. The molecule has 3 aromatic rings. The van der Waals surface area contributed by atoms with E-state index in [9.17, 15) is 19.5 Å². The van der Waals surface area contributed by atoms with Crippen LogP contribution in [0.15, 0.2) is 66.7 Å². The van der Waals surface area contributed by atoms with Crippen LogP contribution in [0.3, 0.4) is 0 Å². The summed E-state index contributed by atoms with van der Waals surface area (Å²) >= 11 is 1.39. The number of aliphatic hydroxyl groups excluding tert-OH is 1. The predicted molar refractivity (Wildman–Crippen MR) is 148 cm³/mol. The molecule has 1 heterocycles. The zero-order valence-electron chi connectivity index (χ0n) is 20.9. The number of carbonyl (C=O) groups excluding carboxylic acids is 3. The van der Waals surface area contributed by atoms with Gasteiger partial charge in [-0.05, 0) is 24.5 Å². The van der Waals surface area contributed by atoms with E-state index in [0.29, 0.717) is 18.1 Å². The van der Waals surface area contributed by atoms with E-state index in [2.05, 4.69) is 10.6 Å². The van der Waals surface area contributed by atoms with Gasteiger partial charge in [-0.1, -0.05) is 24.3 Å². The monoisotopic (exact) mass is 563 g/mol. The second-order valence-electron chi connectivity index (χ2n) is 9.42. The van der Waals surface area contributed by atoms with E-state index in [1.165, 1.54) is 16.9 Å². The summed E-state index contributed by atoms with van der Waals surface area (Å²) in [6.45, 7) is 0.392. The molecular weight excluding hydrogens is 529 g/mol. The van der Waals surface area contributed by atoms with Crippen molar-refractivity contribution in [2.75, 3.05) is 18.0 Å². The molecule has 37 heavy (non-hydrogen) atoms. The number of nitrogens with zero attached hydrogens (tertiary/aromatic N) is 1. The number of para-hydroxylation sites is 1. The maximum absolute atomic E-state index is 13.0. The number of hydrogen-bond donors (Lipinski definition) is 3. The van der Waals surface area contributed by atoms with Gasteiger partial charge in [0.1, 0.15) is 0 Å². The van der Waals surface area contributed by atoms with Crippen LogP contribution in [-0.4, -0.2) is 64.9 Å². The van der Waals surface area contributed by atoms with E-state index in [0.717, 1.165) is 40.4 Å². The zero-order chi connectivity index (χ0) is 26.2. The molecule has 194 valence electrons. The van der Waals surface area contributed by atoms with Crippen LogP contribution in [0.4, 0.5) is 5.69 Å². The number of amides is 3. The standard InChI is InChI=1S/C29H34AsN3O4/c30-18-24(34)19-31-29(37)25(17-20-12-13-21-6-1-2-8-23(21)16-20)32-27(35)14-15-33-26-10-4-3-7-22(26)9-5-11-28(33)36/h1-4,6-8,10,12-13,16,24-25,34H,5,9,11,14-15,17-19,30H2,(H,31,37)(H,32,35)/t24?,25-/m1/s1. The fourth-order valence-electron chi connectivity index (χ4n) is 4.65. The Labute approximate surface area is 226 Å². The van der Waals surface area contributed by atoms with Crippen molar-refractivity contribution in [1.82, 2.24) is 10.6 Å². The third-order valence-corrected chi connectivity index (χ3v) is 7.81. The van der Waals surface area contributed by atoms with E-state index in [-0.39, 0.29) is 37.2 Å². The minimum absolute atomic E-state index is 0.0124. The maximum atomic E-state index is 13.0. The SMILES string of the molecule is O=C(CCN1C(=O)CCCc2ccccc21)N[C@H](Cc1ccc2ccccc2c1)C(=O)NCC(O)C[AsH2]. The minimum atomic E-state index is -0.796. The molecule has 0 aliphatic carbocycles. The van der Waals surface area contributed by atoms with Gasteiger partial charge in [0.15, 0.2) is 0 Å². The predicted octanol–water partition coefficient (Wildman–Crippen LogP) is 2.16. The second-order valence-corrected chi connectivity index (χ2v) is 10.4. The zero-order valence-corrected chi connectivity index (χ0v) is 23.3. The molecule has 1 aliphatic rings. The first kappa shape index (κ1) is 26.9. The molecule has 3 aromatic carbocycles. The van der Waals surface area contributed by atoms with Crippen molar-refractivity contribution < 1.29 is 19.5 Å². The Kier molecular flexibility index (Phi) is 9.37. The van der Waals surface area contributed by atoms with Crippen LogP contribution in [0.2, 0.25) is 5.21 Å². The van der Waals surface area contributed by atoms with Gasteiger partial charge in [0.05, 0.1) is 0 Å². The fraction of sp³-hybridized carbons (Fsp3) is 0.345. The van der Waals surface area contributed by atoms with E-state index in [1.54, 1.807) is 4.90 Å². The Morgan fingerprint density at radius 3 is 2.57 bits per heavy atom. The molecule has 8 heteroatoms. The Morgan fingerprint density at radius 1 is 1.00 bits per heavy atom. The third kappa shape index (κ3) is 7.21. The van der Waals surface area contributed by atoms with Crippen LogP contribution < -0.4 is 15.5 Å². The first-order valence-electron chi connectivity index (χ1n) is 12.8.